The van der Waals surface area contributed by atoms with Crippen LogP contribution < -0.4 is 5.32 Å². The lowest BCUT2D eigenvalue weighted by atomic mass is 10.2. The average molecular weight is 342 g/mol. The van der Waals surface area contributed by atoms with Gasteiger partial charge in [0.1, 0.15) is 5.75 Å². The Hall–Kier alpha value is -1.86. The van der Waals surface area contributed by atoms with Crippen LogP contribution in [0.4, 0.5) is 5.69 Å². The third-order valence-electron chi connectivity index (χ3n) is 2.32. The molecule has 0 aliphatic carbocycles. The highest BCUT2D eigenvalue weighted by Crippen LogP contribution is 2.26. The molecule has 1 aromatic carbocycles. The third-order valence-corrected chi connectivity index (χ3v) is 3.83. The summed E-state index contributed by atoms with van der Waals surface area (Å²) >= 11 is 4.60. The van der Waals surface area contributed by atoms with Crippen LogP contribution in [-0.4, -0.2) is 22.1 Å². The molecule has 2 aromatic rings. The quantitative estimate of drug-likeness (QED) is 0.748. The maximum Gasteiger partial charge on any atom is 0.335 e. The van der Waals surface area contributed by atoms with E-state index in [0.717, 1.165) is 3.79 Å². The van der Waals surface area contributed by atoms with Crippen molar-refractivity contribution in [2.75, 3.05) is 5.32 Å². The van der Waals surface area contributed by atoms with E-state index in [-0.39, 0.29) is 17.0 Å². The molecule has 0 radical (unpaired) electrons. The lowest BCUT2D eigenvalue weighted by molar-refractivity contribution is 0.0696. The van der Waals surface area contributed by atoms with Crippen molar-refractivity contribution in [1.29, 1.82) is 0 Å². The number of phenolic OH excluding ortho intramolecular Hbond substituents is 1. The molecule has 98 valence electrons. The van der Waals surface area contributed by atoms with Gasteiger partial charge in [0.15, 0.2) is 0 Å². The molecule has 0 fully saturated rings. The number of rotatable bonds is 3. The molecule has 2 rings (SSSR count). The normalized spacial score (nSPS) is 10.2. The van der Waals surface area contributed by atoms with Crippen LogP contribution in [0.1, 0.15) is 20.7 Å². The van der Waals surface area contributed by atoms with Gasteiger partial charge in [0, 0.05) is 5.38 Å². The number of hydrogen-bond donors (Lipinski definition) is 3. The second kappa shape index (κ2) is 5.41. The molecule has 19 heavy (non-hydrogen) atoms. The van der Waals surface area contributed by atoms with Gasteiger partial charge < -0.3 is 15.5 Å². The summed E-state index contributed by atoms with van der Waals surface area (Å²) in [6.07, 6.45) is 0. The molecule has 0 aliphatic heterocycles. The van der Waals surface area contributed by atoms with E-state index in [1.165, 1.54) is 29.5 Å². The van der Waals surface area contributed by atoms with Gasteiger partial charge in [-0.3, -0.25) is 4.79 Å². The molecule has 3 N–H and O–H groups in total. The zero-order chi connectivity index (χ0) is 14.0. The summed E-state index contributed by atoms with van der Waals surface area (Å²) in [6, 6.07) is 5.33. The van der Waals surface area contributed by atoms with Crippen LogP contribution in [0.5, 0.6) is 5.75 Å². The Morgan fingerprint density at radius 1 is 1.21 bits per heavy atom. The first kappa shape index (κ1) is 13.6. The van der Waals surface area contributed by atoms with Gasteiger partial charge in [0.2, 0.25) is 0 Å². The van der Waals surface area contributed by atoms with Gasteiger partial charge in [-0.15, -0.1) is 11.3 Å². The molecule has 0 unspecified atom stereocenters. The van der Waals surface area contributed by atoms with Crippen LogP contribution in [0.3, 0.4) is 0 Å². The fourth-order valence-electron chi connectivity index (χ4n) is 1.39. The lowest BCUT2D eigenvalue weighted by Crippen LogP contribution is -2.11. The summed E-state index contributed by atoms with van der Waals surface area (Å²) in [6.45, 7) is 0. The lowest BCUT2D eigenvalue weighted by Gasteiger charge is -2.07. The van der Waals surface area contributed by atoms with Crippen LogP contribution >= 0.6 is 27.3 Å². The Labute approximate surface area is 120 Å². The fraction of sp³-hybridized carbons (Fsp3) is 0. The van der Waals surface area contributed by atoms with Gasteiger partial charge in [-0.05, 0) is 40.2 Å². The number of aromatic hydroxyl groups is 1. The molecule has 0 spiro atoms. The monoisotopic (exact) mass is 341 g/mol. The molecule has 0 saturated carbocycles. The molecule has 0 atom stereocenters. The number of carboxylic acid groups (broad SMARTS) is 1. The average Bonchev–Trinajstić information content (AvgIpc) is 2.78. The van der Waals surface area contributed by atoms with Crippen molar-refractivity contribution in [3.63, 3.8) is 0 Å². The number of aromatic carboxylic acids is 1. The van der Waals surface area contributed by atoms with Crippen LogP contribution in [0.25, 0.3) is 0 Å². The Morgan fingerprint density at radius 3 is 2.53 bits per heavy atom. The minimum atomic E-state index is -1.13. The molecule has 1 heterocycles. The molecule has 1 aromatic heterocycles. The topological polar surface area (TPSA) is 86.6 Å². The summed E-state index contributed by atoms with van der Waals surface area (Å²) in [5, 5.41) is 22.6. The van der Waals surface area contributed by atoms with Crippen LogP contribution in [-0.2, 0) is 0 Å². The molecule has 0 saturated heterocycles. The van der Waals surface area contributed by atoms with Crippen molar-refractivity contribution in [3.8, 4) is 5.75 Å². The molecule has 1 amide bonds. The van der Waals surface area contributed by atoms with Gasteiger partial charge in [0.25, 0.3) is 5.91 Å². The van der Waals surface area contributed by atoms with E-state index in [2.05, 4.69) is 21.2 Å². The summed E-state index contributed by atoms with van der Waals surface area (Å²) in [4.78, 5) is 22.7. The number of carbonyl (C=O) groups is 2. The molecular formula is C12H8BrNO4S. The van der Waals surface area contributed by atoms with Gasteiger partial charge in [-0.1, -0.05) is 0 Å². The summed E-state index contributed by atoms with van der Waals surface area (Å²) in [5.74, 6) is -1.73. The predicted octanol–water partition coefficient (Wildman–Crippen LogP) is 3.17. The molecule has 5 nitrogen and oxygen atoms in total. The zero-order valence-corrected chi connectivity index (χ0v) is 11.8. The van der Waals surface area contributed by atoms with Crippen molar-refractivity contribution in [3.05, 3.63) is 44.6 Å². The number of carbonyl (C=O) groups excluding carboxylic acids is 1. The predicted molar refractivity (Wildman–Crippen MR) is 75.0 cm³/mol. The maximum atomic E-state index is 11.9. The van der Waals surface area contributed by atoms with Crippen molar-refractivity contribution in [1.82, 2.24) is 0 Å². The molecule has 7 heteroatoms. The van der Waals surface area contributed by atoms with E-state index in [1.807, 2.05) is 0 Å². The number of anilines is 1. The van der Waals surface area contributed by atoms with E-state index < -0.39 is 11.9 Å². The molecule has 0 aliphatic rings. The Kier molecular flexibility index (Phi) is 3.87. The largest absolute Gasteiger partial charge is 0.506 e. The van der Waals surface area contributed by atoms with E-state index >= 15 is 0 Å². The highest BCUT2D eigenvalue weighted by atomic mass is 79.9. The van der Waals surface area contributed by atoms with Crippen molar-refractivity contribution >= 4 is 44.8 Å². The third kappa shape index (κ3) is 3.12. The van der Waals surface area contributed by atoms with Crippen molar-refractivity contribution < 1.29 is 19.8 Å². The number of amides is 1. The number of benzene rings is 1. The van der Waals surface area contributed by atoms with Gasteiger partial charge in [-0.25, -0.2) is 4.79 Å². The number of phenols is 1. The number of thiophene rings is 1. The fourth-order valence-corrected chi connectivity index (χ4v) is 2.53. The number of hydrogen-bond acceptors (Lipinski definition) is 4. The van der Waals surface area contributed by atoms with E-state index in [9.17, 15) is 14.7 Å². The van der Waals surface area contributed by atoms with Crippen molar-refractivity contribution in [2.24, 2.45) is 0 Å². The van der Waals surface area contributed by atoms with Crippen LogP contribution in [0, 0.1) is 0 Å². The Balaban J connectivity index is 2.25. The SMILES string of the molecule is O=C(O)c1ccc(O)c(NC(=O)c2csc(Br)c2)c1. The minimum absolute atomic E-state index is 0.0143. The summed E-state index contributed by atoms with van der Waals surface area (Å²) < 4.78 is 0.807. The first-order valence-corrected chi connectivity index (χ1v) is 6.76. The number of carboxylic acids is 1. The number of halogens is 1. The minimum Gasteiger partial charge on any atom is -0.506 e. The standard InChI is InChI=1S/C12H8BrNO4S/c13-10-4-7(5-19-10)11(16)14-8-3-6(12(17)18)1-2-9(8)15/h1-5,15H,(H,14,16)(H,17,18). The maximum absolute atomic E-state index is 11.9. The second-order valence-corrected chi connectivity index (χ2v) is 5.92. The van der Waals surface area contributed by atoms with E-state index in [4.69, 9.17) is 5.11 Å². The Morgan fingerprint density at radius 2 is 1.95 bits per heavy atom. The van der Waals surface area contributed by atoms with Crippen molar-refractivity contribution in [2.45, 2.75) is 0 Å². The van der Waals surface area contributed by atoms with Gasteiger partial charge in [0.05, 0.1) is 20.6 Å². The first-order chi connectivity index (χ1) is 8.97. The summed E-state index contributed by atoms with van der Waals surface area (Å²) in [7, 11) is 0. The van der Waals surface area contributed by atoms with Gasteiger partial charge in [-0.2, -0.15) is 0 Å². The van der Waals surface area contributed by atoms with Crippen LogP contribution in [0.15, 0.2) is 33.4 Å². The second-order valence-electron chi connectivity index (χ2n) is 3.63. The summed E-state index contributed by atoms with van der Waals surface area (Å²) in [5.41, 5.74) is 0.476. The van der Waals surface area contributed by atoms with E-state index in [0.29, 0.717) is 5.56 Å². The highest BCUT2D eigenvalue weighted by Gasteiger charge is 2.13. The molecule has 0 bridgehead atoms. The molecular weight excluding hydrogens is 334 g/mol. The smallest absolute Gasteiger partial charge is 0.335 e. The van der Waals surface area contributed by atoms with Gasteiger partial charge >= 0.3 is 5.97 Å². The first-order valence-electron chi connectivity index (χ1n) is 5.09. The van der Waals surface area contributed by atoms with Crippen LogP contribution in [0.2, 0.25) is 0 Å². The zero-order valence-electron chi connectivity index (χ0n) is 9.38. The highest BCUT2D eigenvalue weighted by molar-refractivity contribution is 9.11. The van der Waals surface area contributed by atoms with E-state index in [1.54, 1.807) is 11.4 Å². The number of nitrogens with one attached hydrogen (secondary N) is 1. The Bertz CT molecular complexity index is 653.